The maximum atomic E-state index is 11.9. The molecule has 3 nitrogen and oxygen atoms in total. The lowest BCUT2D eigenvalue weighted by Crippen LogP contribution is -2.43. The standard InChI is InChI=1S/C11H19NO2S/c1-11(5-2-6-15-11)10(14)12-7-9(13)8-3-4-8/h8-9,13H,2-7H2,1H3,(H,12,14). The molecule has 2 atom stereocenters. The van der Waals surface area contributed by atoms with Crippen molar-refractivity contribution in [1.82, 2.24) is 5.32 Å². The van der Waals surface area contributed by atoms with E-state index >= 15 is 0 Å². The average Bonchev–Trinajstić information content (AvgIpc) is 2.98. The topological polar surface area (TPSA) is 49.3 Å². The molecule has 0 bridgehead atoms. The molecule has 2 aliphatic rings. The molecule has 1 saturated heterocycles. The van der Waals surface area contributed by atoms with Crippen molar-refractivity contribution >= 4 is 17.7 Å². The number of hydrogen-bond acceptors (Lipinski definition) is 3. The number of aliphatic hydroxyl groups excluding tert-OH is 1. The largest absolute Gasteiger partial charge is 0.391 e. The summed E-state index contributed by atoms with van der Waals surface area (Å²) in [6.07, 6.45) is 3.98. The Morgan fingerprint density at radius 1 is 1.67 bits per heavy atom. The maximum Gasteiger partial charge on any atom is 0.236 e. The van der Waals surface area contributed by atoms with Gasteiger partial charge in [0.15, 0.2) is 0 Å². The van der Waals surface area contributed by atoms with Crippen LogP contribution in [0.3, 0.4) is 0 Å². The van der Waals surface area contributed by atoms with Gasteiger partial charge in [0.2, 0.25) is 5.91 Å². The summed E-state index contributed by atoms with van der Waals surface area (Å²) in [5.74, 6) is 1.62. The predicted octanol–water partition coefficient (Wildman–Crippen LogP) is 1.16. The van der Waals surface area contributed by atoms with E-state index in [9.17, 15) is 9.90 Å². The summed E-state index contributed by atoms with van der Waals surface area (Å²) in [6, 6.07) is 0. The van der Waals surface area contributed by atoms with Crippen LogP contribution in [-0.4, -0.2) is 34.2 Å². The maximum absolute atomic E-state index is 11.9. The predicted molar refractivity (Wildman–Crippen MR) is 61.8 cm³/mol. The van der Waals surface area contributed by atoms with Gasteiger partial charge in [0.05, 0.1) is 10.9 Å². The Morgan fingerprint density at radius 3 is 2.93 bits per heavy atom. The molecule has 0 spiro atoms. The van der Waals surface area contributed by atoms with Gasteiger partial charge in [-0.05, 0) is 44.3 Å². The summed E-state index contributed by atoms with van der Waals surface area (Å²) >= 11 is 1.73. The van der Waals surface area contributed by atoms with Gasteiger partial charge < -0.3 is 10.4 Å². The average molecular weight is 229 g/mol. The van der Waals surface area contributed by atoms with Gasteiger partial charge >= 0.3 is 0 Å². The van der Waals surface area contributed by atoms with E-state index in [1.54, 1.807) is 11.8 Å². The summed E-state index contributed by atoms with van der Waals surface area (Å²) in [6.45, 7) is 2.43. The minimum Gasteiger partial charge on any atom is -0.391 e. The summed E-state index contributed by atoms with van der Waals surface area (Å²) in [4.78, 5) is 11.9. The first-order chi connectivity index (χ1) is 7.12. The van der Waals surface area contributed by atoms with Crippen molar-refractivity contribution in [2.45, 2.75) is 43.5 Å². The second-order valence-electron chi connectivity index (χ2n) is 4.80. The van der Waals surface area contributed by atoms with Crippen LogP contribution in [0, 0.1) is 5.92 Å². The van der Waals surface area contributed by atoms with Crippen LogP contribution in [0.2, 0.25) is 0 Å². The minimum absolute atomic E-state index is 0.102. The smallest absolute Gasteiger partial charge is 0.236 e. The fraction of sp³-hybridized carbons (Fsp3) is 0.909. The molecule has 1 amide bonds. The van der Waals surface area contributed by atoms with Crippen LogP contribution in [-0.2, 0) is 4.79 Å². The first-order valence-electron chi connectivity index (χ1n) is 5.72. The van der Waals surface area contributed by atoms with Crippen molar-refractivity contribution in [1.29, 1.82) is 0 Å². The molecule has 0 aromatic rings. The molecular weight excluding hydrogens is 210 g/mol. The molecule has 1 saturated carbocycles. The number of nitrogens with one attached hydrogen (secondary N) is 1. The number of carbonyl (C=O) groups excluding carboxylic acids is 1. The van der Waals surface area contributed by atoms with E-state index < -0.39 is 0 Å². The Bertz CT molecular complexity index is 247. The van der Waals surface area contributed by atoms with Crippen LogP contribution in [0.5, 0.6) is 0 Å². The van der Waals surface area contributed by atoms with Crippen molar-refractivity contribution in [3.8, 4) is 0 Å². The van der Waals surface area contributed by atoms with Crippen LogP contribution >= 0.6 is 11.8 Å². The molecule has 2 fully saturated rings. The first kappa shape index (κ1) is 11.3. The summed E-state index contributed by atoms with van der Waals surface area (Å²) < 4.78 is -0.247. The van der Waals surface area contributed by atoms with E-state index in [0.29, 0.717) is 12.5 Å². The van der Waals surface area contributed by atoms with Gasteiger partial charge in [-0.1, -0.05) is 0 Å². The molecule has 86 valence electrons. The zero-order chi connectivity index (χ0) is 10.9. The van der Waals surface area contributed by atoms with Crippen molar-refractivity contribution < 1.29 is 9.90 Å². The van der Waals surface area contributed by atoms with Gasteiger partial charge in [-0.25, -0.2) is 0 Å². The Balaban J connectivity index is 1.75. The molecule has 1 heterocycles. The first-order valence-corrected chi connectivity index (χ1v) is 6.71. The van der Waals surface area contributed by atoms with Gasteiger partial charge in [-0.2, -0.15) is 0 Å². The van der Waals surface area contributed by atoms with Crippen LogP contribution in [0.15, 0.2) is 0 Å². The van der Waals surface area contributed by atoms with Gasteiger partial charge in [0.1, 0.15) is 0 Å². The fourth-order valence-corrected chi connectivity index (χ4v) is 3.22. The molecule has 1 aliphatic heterocycles. The number of hydrogen-bond donors (Lipinski definition) is 2. The van der Waals surface area contributed by atoms with E-state index in [0.717, 1.165) is 31.4 Å². The van der Waals surface area contributed by atoms with Gasteiger partial charge in [-0.15, -0.1) is 11.8 Å². The van der Waals surface area contributed by atoms with Crippen molar-refractivity contribution in [3.63, 3.8) is 0 Å². The fourth-order valence-electron chi connectivity index (χ4n) is 1.99. The lowest BCUT2D eigenvalue weighted by molar-refractivity contribution is -0.123. The highest BCUT2D eigenvalue weighted by Crippen LogP contribution is 2.38. The molecule has 0 radical (unpaired) electrons. The summed E-state index contributed by atoms with van der Waals surface area (Å²) in [7, 11) is 0. The monoisotopic (exact) mass is 229 g/mol. The van der Waals surface area contributed by atoms with Crippen LogP contribution in [0.4, 0.5) is 0 Å². The highest BCUT2D eigenvalue weighted by atomic mass is 32.2. The molecule has 0 aromatic heterocycles. The van der Waals surface area contributed by atoms with Crippen molar-refractivity contribution in [2.24, 2.45) is 5.92 Å². The van der Waals surface area contributed by atoms with E-state index in [-0.39, 0.29) is 16.8 Å². The SMILES string of the molecule is CC1(C(=O)NCC(O)C2CC2)CCCS1. The number of amides is 1. The zero-order valence-electron chi connectivity index (χ0n) is 9.16. The zero-order valence-corrected chi connectivity index (χ0v) is 9.98. The molecule has 2 rings (SSSR count). The number of thioether (sulfide) groups is 1. The molecular formula is C11H19NO2S. The van der Waals surface area contributed by atoms with Gasteiger partial charge in [0.25, 0.3) is 0 Å². The van der Waals surface area contributed by atoms with Crippen LogP contribution < -0.4 is 5.32 Å². The third-order valence-electron chi connectivity index (χ3n) is 3.34. The second-order valence-corrected chi connectivity index (χ2v) is 6.40. The minimum atomic E-state index is -0.330. The second kappa shape index (κ2) is 4.34. The van der Waals surface area contributed by atoms with Gasteiger partial charge in [-0.3, -0.25) is 4.79 Å². The Labute approximate surface area is 95.0 Å². The molecule has 15 heavy (non-hydrogen) atoms. The molecule has 2 N–H and O–H groups in total. The lowest BCUT2D eigenvalue weighted by atomic mass is 10.0. The summed E-state index contributed by atoms with van der Waals surface area (Å²) in [5, 5.41) is 12.5. The normalized spacial score (nSPS) is 32.7. The van der Waals surface area contributed by atoms with Crippen LogP contribution in [0.25, 0.3) is 0 Å². The van der Waals surface area contributed by atoms with E-state index in [1.165, 1.54) is 0 Å². The van der Waals surface area contributed by atoms with Crippen LogP contribution in [0.1, 0.15) is 32.6 Å². The lowest BCUT2D eigenvalue weighted by Gasteiger charge is -2.22. The van der Waals surface area contributed by atoms with Gasteiger partial charge in [0, 0.05) is 6.54 Å². The van der Waals surface area contributed by atoms with Crippen molar-refractivity contribution in [2.75, 3.05) is 12.3 Å². The third-order valence-corrected chi connectivity index (χ3v) is 4.86. The molecule has 1 aliphatic carbocycles. The quantitative estimate of drug-likeness (QED) is 0.760. The van der Waals surface area contributed by atoms with E-state index in [4.69, 9.17) is 0 Å². The third kappa shape index (κ3) is 2.67. The number of carbonyl (C=O) groups is 1. The van der Waals surface area contributed by atoms with E-state index in [2.05, 4.69) is 5.32 Å². The number of aliphatic hydroxyl groups is 1. The highest BCUT2D eigenvalue weighted by Gasteiger charge is 2.38. The molecule has 4 heteroatoms. The molecule has 0 aromatic carbocycles. The van der Waals surface area contributed by atoms with E-state index in [1.807, 2.05) is 6.92 Å². The Hall–Kier alpha value is -0.220. The highest BCUT2D eigenvalue weighted by molar-refractivity contribution is 8.01. The Morgan fingerprint density at radius 2 is 2.40 bits per heavy atom. The summed E-state index contributed by atoms with van der Waals surface area (Å²) in [5.41, 5.74) is 0. The van der Waals surface area contributed by atoms with Crippen molar-refractivity contribution in [3.05, 3.63) is 0 Å². The number of rotatable bonds is 4. The Kier molecular flexibility index (Phi) is 3.26. The molecule has 2 unspecified atom stereocenters.